The van der Waals surface area contributed by atoms with Crippen LogP contribution in [0.5, 0.6) is 0 Å². The summed E-state index contributed by atoms with van der Waals surface area (Å²) in [5.41, 5.74) is 1.77. The first-order valence-electron chi connectivity index (χ1n) is 8.25. The summed E-state index contributed by atoms with van der Waals surface area (Å²) in [6, 6.07) is 8.99. The Balaban J connectivity index is 1.88. The van der Waals surface area contributed by atoms with Crippen LogP contribution in [-0.2, 0) is 16.4 Å². The molecule has 1 unspecified atom stereocenters. The molecule has 28 heavy (non-hydrogen) atoms. The van der Waals surface area contributed by atoms with E-state index in [1.54, 1.807) is 25.1 Å². The van der Waals surface area contributed by atoms with Crippen LogP contribution < -0.4 is 9.62 Å². The van der Waals surface area contributed by atoms with Crippen molar-refractivity contribution < 1.29 is 22.0 Å². The zero-order valence-corrected chi connectivity index (χ0v) is 17.3. The number of carbonyl (C=O) groups excluding carboxylic acids is 1. The molecule has 1 aliphatic rings. The molecule has 2 aromatic carbocycles. The molecule has 150 valence electrons. The monoisotopic (exact) mass is 446 g/mol. The smallest absolute Gasteiger partial charge is 0.289 e. The molecule has 0 aliphatic carbocycles. The molecule has 3 rings (SSSR count). The molecule has 0 fully saturated rings. The van der Waals surface area contributed by atoms with E-state index in [2.05, 4.69) is 5.32 Å². The fourth-order valence-corrected chi connectivity index (χ4v) is 5.44. The lowest BCUT2D eigenvalue weighted by atomic mass is 10.1. The van der Waals surface area contributed by atoms with Gasteiger partial charge in [0, 0.05) is 11.6 Å². The van der Waals surface area contributed by atoms with Crippen molar-refractivity contribution in [1.29, 1.82) is 0 Å². The number of halogens is 3. The van der Waals surface area contributed by atoms with Crippen molar-refractivity contribution in [1.82, 2.24) is 0 Å². The third-order valence-electron chi connectivity index (χ3n) is 4.27. The van der Waals surface area contributed by atoms with Crippen LogP contribution >= 0.6 is 23.4 Å². The maximum atomic E-state index is 12.8. The van der Waals surface area contributed by atoms with Crippen LogP contribution in [0.4, 0.5) is 20.2 Å². The van der Waals surface area contributed by atoms with E-state index in [0.29, 0.717) is 17.7 Å². The summed E-state index contributed by atoms with van der Waals surface area (Å²) in [6.07, 6.45) is 1.62. The van der Waals surface area contributed by atoms with Crippen molar-refractivity contribution in [2.45, 2.75) is 30.0 Å². The van der Waals surface area contributed by atoms with Crippen molar-refractivity contribution in [3.8, 4) is 0 Å². The zero-order valence-electron chi connectivity index (χ0n) is 14.9. The number of rotatable bonds is 5. The molecule has 1 heterocycles. The van der Waals surface area contributed by atoms with Gasteiger partial charge in [-0.3, -0.25) is 9.10 Å². The lowest BCUT2D eigenvalue weighted by molar-refractivity contribution is 0.102. The number of alkyl halides is 2. The molecule has 0 bridgehead atoms. The Bertz CT molecular complexity index is 1030. The molecule has 5 nitrogen and oxygen atoms in total. The van der Waals surface area contributed by atoms with E-state index in [-0.39, 0.29) is 33.4 Å². The number of nitrogens with zero attached hydrogens (tertiary/aromatic N) is 1. The summed E-state index contributed by atoms with van der Waals surface area (Å²) >= 11 is 6.25. The van der Waals surface area contributed by atoms with Gasteiger partial charge < -0.3 is 5.32 Å². The second-order valence-corrected chi connectivity index (χ2v) is 9.67. The van der Waals surface area contributed by atoms with Gasteiger partial charge in [-0.15, -0.1) is 0 Å². The Kier molecular flexibility index (Phi) is 5.88. The molecule has 0 radical (unpaired) electrons. The van der Waals surface area contributed by atoms with E-state index in [9.17, 15) is 22.0 Å². The Morgan fingerprint density at radius 3 is 2.68 bits per heavy atom. The van der Waals surface area contributed by atoms with Gasteiger partial charge in [0.1, 0.15) is 0 Å². The van der Waals surface area contributed by atoms with E-state index in [0.717, 1.165) is 11.8 Å². The number of nitrogens with one attached hydrogen (secondary N) is 1. The lowest BCUT2D eigenvalue weighted by Crippen LogP contribution is -2.34. The Labute approximate surface area is 171 Å². The van der Waals surface area contributed by atoms with Crippen LogP contribution in [0.1, 0.15) is 22.8 Å². The quantitative estimate of drug-likeness (QED) is 0.681. The van der Waals surface area contributed by atoms with Crippen LogP contribution in [-0.4, -0.2) is 32.4 Å². The SMILES string of the molecule is CC1Cc2cc(C(=O)Nc3cccc(Cl)c3SC(F)F)ccc2N1S(C)(=O)=O. The number of anilines is 2. The molecule has 0 aromatic heterocycles. The third kappa shape index (κ3) is 4.26. The van der Waals surface area contributed by atoms with Gasteiger partial charge in [0.2, 0.25) is 10.0 Å². The topological polar surface area (TPSA) is 66.5 Å². The number of hydrogen-bond acceptors (Lipinski definition) is 4. The second-order valence-electron chi connectivity index (χ2n) is 6.40. The molecule has 0 saturated heterocycles. The minimum absolute atomic E-state index is 0.0885. The van der Waals surface area contributed by atoms with Gasteiger partial charge in [0.15, 0.2) is 0 Å². The van der Waals surface area contributed by atoms with Crippen molar-refractivity contribution in [3.63, 3.8) is 0 Å². The van der Waals surface area contributed by atoms with Crippen molar-refractivity contribution >= 4 is 50.7 Å². The van der Waals surface area contributed by atoms with Crippen LogP contribution in [0.25, 0.3) is 0 Å². The Morgan fingerprint density at radius 2 is 2.04 bits per heavy atom. The van der Waals surface area contributed by atoms with E-state index in [1.165, 1.54) is 22.5 Å². The van der Waals surface area contributed by atoms with Gasteiger partial charge in [-0.25, -0.2) is 8.42 Å². The minimum atomic E-state index is -3.42. The highest BCUT2D eigenvalue weighted by molar-refractivity contribution is 7.99. The average molecular weight is 447 g/mol. The molecule has 1 aliphatic heterocycles. The average Bonchev–Trinajstić information content (AvgIpc) is 2.92. The van der Waals surface area contributed by atoms with Crippen molar-refractivity contribution in [2.75, 3.05) is 15.9 Å². The molecule has 1 N–H and O–H groups in total. The minimum Gasteiger partial charge on any atom is -0.321 e. The zero-order chi connectivity index (χ0) is 20.6. The van der Waals surface area contributed by atoms with Gasteiger partial charge in [0.25, 0.3) is 11.7 Å². The highest BCUT2D eigenvalue weighted by Crippen LogP contribution is 2.38. The number of sulfonamides is 1. The van der Waals surface area contributed by atoms with E-state index >= 15 is 0 Å². The van der Waals surface area contributed by atoms with E-state index in [1.807, 2.05) is 0 Å². The molecular formula is C18H17ClF2N2O3S2. The van der Waals surface area contributed by atoms with Crippen molar-refractivity contribution in [2.24, 2.45) is 0 Å². The number of carbonyl (C=O) groups is 1. The summed E-state index contributed by atoms with van der Waals surface area (Å²) in [6.45, 7) is 1.79. The standard InChI is InChI=1S/C18H17ClF2N2O3S2/c1-10-8-12-9-11(6-7-15(12)23(10)28(2,25)26)17(24)22-14-5-3-4-13(19)16(14)27-18(20)21/h3-7,9-10,18H,8H2,1-2H3,(H,22,24). The Hall–Kier alpha value is -1.84. The highest BCUT2D eigenvalue weighted by Gasteiger charge is 2.32. The number of benzene rings is 2. The van der Waals surface area contributed by atoms with Gasteiger partial charge in [-0.2, -0.15) is 8.78 Å². The molecule has 0 spiro atoms. The summed E-state index contributed by atoms with van der Waals surface area (Å²) in [4.78, 5) is 12.7. The van der Waals surface area contributed by atoms with Crippen LogP contribution in [0.2, 0.25) is 5.02 Å². The fraction of sp³-hybridized carbons (Fsp3) is 0.278. The Morgan fingerprint density at radius 1 is 1.32 bits per heavy atom. The summed E-state index contributed by atoms with van der Waals surface area (Å²) in [7, 11) is -3.42. The largest absolute Gasteiger partial charge is 0.321 e. The third-order valence-corrected chi connectivity index (χ3v) is 6.83. The molecule has 1 atom stereocenters. The second kappa shape index (κ2) is 7.88. The first kappa shape index (κ1) is 20.9. The summed E-state index contributed by atoms with van der Waals surface area (Å²) in [5.74, 6) is -3.18. The molecule has 10 heteroatoms. The van der Waals surface area contributed by atoms with Crippen molar-refractivity contribution in [3.05, 3.63) is 52.5 Å². The maximum absolute atomic E-state index is 12.8. The fourth-order valence-electron chi connectivity index (χ4n) is 3.26. The van der Waals surface area contributed by atoms with Gasteiger partial charge in [0.05, 0.1) is 27.5 Å². The molecule has 0 saturated carbocycles. The predicted molar refractivity (Wildman–Crippen MR) is 108 cm³/mol. The van der Waals surface area contributed by atoms with Crippen LogP contribution in [0.3, 0.4) is 0 Å². The molecule has 1 amide bonds. The first-order chi connectivity index (χ1) is 13.1. The number of hydrogen-bond donors (Lipinski definition) is 1. The van der Waals surface area contributed by atoms with Gasteiger partial charge >= 0.3 is 0 Å². The van der Waals surface area contributed by atoms with E-state index < -0.39 is 21.7 Å². The molecule has 2 aromatic rings. The predicted octanol–water partition coefficient (Wildman–Crippen LogP) is 4.62. The van der Waals surface area contributed by atoms with Crippen LogP contribution in [0, 0.1) is 0 Å². The summed E-state index contributed by atoms with van der Waals surface area (Å²) < 4.78 is 50.9. The normalized spacial score (nSPS) is 16.4. The first-order valence-corrected chi connectivity index (χ1v) is 11.4. The summed E-state index contributed by atoms with van der Waals surface area (Å²) in [5, 5.41) is 2.73. The maximum Gasteiger partial charge on any atom is 0.289 e. The number of fused-ring (bicyclic) bond motifs is 1. The van der Waals surface area contributed by atoms with E-state index in [4.69, 9.17) is 11.6 Å². The van der Waals surface area contributed by atoms with Gasteiger partial charge in [-0.1, -0.05) is 29.4 Å². The number of amides is 1. The van der Waals surface area contributed by atoms with Gasteiger partial charge in [-0.05, 0) is 49.2 Å². The number of thioether (sulfide) groups is 1. The highest BCUT2D eigenvalue weighted by atomic mass is 35.5. The van der Waals surface area contributed by atoms with Crippen LogP contribution in [0.15, 0.2) is 41.3 Å². The lowest BCUT2D eigenvalue weighted by Gasteiger charge is -2.22. The molecular weight excluding hydrogens is 430 g/mol.